The van der Waals surface area contributed by atoms with Crippen LogP contribution in [0.25, 0.3) is 0 Å². The molecule has 0 bridgehead atoms. The van der Waals surface area contributed by atoms with E-state index in [0.29, 0.717) is 5.69 Å². The molecule has 3 nitrogen and oxygen atoms in total. The highest BCUT2D eigenvalue weighted by molar-refractivity contribution is 6.07. The topological polar surface area (TPSA) is 34.9 Å². The minimum atomic E-state index is -0.374. The van der Waals surface area contributed by atoms with E-state index in [1.807, 2.05) is 5.92 Å². The molecule has 0 aliphatic rings. The van der Waals surface area contributed by atoms with Gasteiger partial charge in [-0.15, -0.1) is 6.42 Å². The van der Waals surface area contributed by atoms with Crippen molar-refractivity contribution in [3.05, 3.63) is 18.2 Å². The zero-order chi connectivity index (χ0) is 7.56. The third-order valence-electron chi connectivity index (χ3n) is 1.07. The van der Waals surface area contributed by atoms with Crippen molar-refractivity contribution in [3.8, 4) is 12.3 Å². The number of Topliss-reactive ketones (excluding diaryl/α,β-unsaturated/α-hetero) is 1. The number of hydrogen-bond acceptors (Lipinski definition) is 2. The molecule has 0 fully saturated rings. The fraction of sp³-hybridized carbons (Fsp3) is 0.143. The molecule has 0 radical (unpaired) electrons. The molecule has 1 heterocycles. The van der Waals surface area contributed by atoms with Gasteiger partial charge in [-0.3, -0.25) is 4.79 Å². The molecule has 1 aromatic rings. The zero-order valence-electron chi connectivity index (χ0n) is 5.53. The van der Waals surface area contributed by atoms with Crippen LogP contribution in [-0.4, -0.2) is 15.3 Å². The maximum absolute atomic E-state index is 10.7. The molecule has 0 aliphatic carbocycles. The van der Waals surface area contributed by atoms with E-state index in [2.05, 4.69) is 4.98 Å². The van der Waals surface area contributed by atoms with Gasteiger partial charge in [-0.05, 0) is 5.92 Å². The Morgan fingerprint density at radius 3 is 3.00 bits per heavy atom. The fourth-order valence-corrected chi connectivity index (χ4v) is 0.604. The lowest BCUT2D eigenvalue weighted by Crippen LogP contribution is -1.93. The van der Waals surface area contributed by atoms with Crippen LogP contribution < -0.4 is 0 Å². The number of hydrogen-bond donors (Lipinski definition) is 0. The molecule has 0 saturated heterocycles. The van der Waals surface area contributed by atoms with Crippen molar-refractivity contribution in [3.63, 3.8) is 0 Å². The summed E-state index contributed by atoms with van der Waals surface area (Å²) in [6, 6.07) is 0. The van der Waals surface area contributed by atoms with Crippen LogP contribution in [0.3, 0.4) is 0 Å². The van der Waals surface area contributed by atoms with E-state index in [1.165, 1.54) is 6.33 Å². The SMILES string of the molecule is C#CC(=O)c1cn(C)cn1. The second-order valence-electron chi connectivity index (χ2n) is 1.90. The number of aromatic nitrogens is 2. The second kappa shape index (κ2) is 2.36. The van der Waals surface area contributed by atoms with Gasteiger partial charge in [0.2, 0.25) is 0 Å². The first kappa shape index (κ1) is 6.56. The molecule has 1 rings (SSSR count). The van der Waals surface area contributed by atoms with Gasteiger partial charge in [0.25, 0.3) is 5.78 Å². The van der Waals surface area contributed by atoms with E-state index in [0.717, 1.165) is 0 Å². The van der Waals surface area contributed by atoms with Crippen molar-refractivity contribution < 1.29 is 4.79 Å². The number of carbonyl (C=O) groups excluding carboxylic acids is 1. The first-order chi connectivity index (χ1) is 4.74. The molecule has 1 aromatic heterocycles. The normalized spacial score (nSPS) is 8.80. The van der Waals surface area contributed by atoms with Gasteiger partial charge in [-0.25, -0.2) is 4.98 Å². The van der Waals surface area contributed by atoms with E-state index >= 15 is 0 Å². The lowest BCUT2D eigenvalue weighted by Gasteiger charge is -1.81. The predicted molar refractivity (Wildman–Crippen MR) is 36.4 cm³/mol. The summed E-state index contributed by atoms with van der Waals surface area (Å²) in [5.74, 6) is 1.61. The first-order valence-corrected chi connectivity index (χ1v) is 2.73. The summed E-state index contributed by atoms with van der Waals surface area (Å²) in [5, 5.41) is 0. The van der Waals surface area contributed by atoms with Crippen LogP contribution in [0.2, 0.25) is 0 Å². The van der Waals surface area contributed by atoms with Crippen LogP contribution in [-0.2, 0) is 7.05 Å². The Bertz CT molecular complexity index is 293. The second-order valence-corrected chi connectivity index (χ2v) is 1.90. The third kappa shape index (κ3) is 1.06. The van der Waals surface area contributed by atoms with Crippen LogP contribution in [0.4, 0.5) is 0 Å². The van der Waals surface area contributed by atoms with Gasteiger partial charge in [-0.2, -0.15) is 0 Å². The Balaban J connectivity index is 2.98. The summed E-state index contributed by atoms with van der Waals surface area (Å²) in [4.78, 5) is 14.5. The average Bonchev–Trinajstić information content (AvgIpc) is 2.34. The number of rotatable bonds is 1. The quantitative estimate of drug-likeness (QED) is 0.313. The highest BCUT2D eigenvalue weighted by atomic mass is 16.1. The Hall–Kier alpha value is -1.56. The monoisotopic (exact) mass is 134 g/mol. The maximum atomic E-state index is 10.7. The molecule has 0 saturated carbocycles. The number of nitrogens with zero attached hydrogens (tertiary/aromatic N) is 2. The number of imidazole rings is 1. The zero-order valence-corrected chi connectivity index (χ0v) is 5.53. The lowest BCUT2D eigenvalue weighted by molar-refractivity contribution is 0.105. The van der Waals surface area contributed by atoms with Crippen LogP contribution in [0, 0.1) is 12.3 Å². The van der Waals surface area contributed by atoms with E-state index < -0.39 is 0 Å². The summed E-state index contributed by atoms with van der Waals surface area (Å²) in [7, 11) is 1.78. The third-order valence-corrected chi connectivity index (χ3v) is 1.07. The Labute approximate surface area is 58.7 Å². The average molecular weight is 134 g/mol. The summed E-state index contributed by atoms with van der Waals surface area (Å²) in [6.07, 6.45) is 7.98. The maximum Gasteiger partial charge on any atom is 0.255 e. The van der Waals surface area contributed by atoms with Crippen molar-refractivity contribution in [1.29, 1.82) is 0 Å². The first-order valence-electron chi connectivity index (χ1n) is 2.73. The van der Waals surface area contributed by atoms with Gasteiger partial charge in [0.05, 0.1) is 6.33 Å². The van der Waals surface area contributed by atoms with E-state index in [-0.39, 0.29) is 5.78 Å². The van der Waals surface area contributed by atoms with Crippen molar-refractivity contribution >= 4 is 5.78 Å². The van der Waals surface area contributed by atoms with Crippen LogP contribution >= 0.6 is 0 Å². The van der Waals surface area contributed by atoms with E-state index in [1.54, 1.807) is 17.8 Å². The molecule has 3 heteroatoms. The van der Waals surface area contributed by atoms with Crippen molar-refractivity contribution in [2.75, 3.05) is 0 Å². The number of terminal acetylenes is 1. The molecule has 50 valence electrons. The standard InChI is InChI=1S/C7H6N2O/c1-3-7(10)6-4-9(2)5-8-6/h1,4-5H,2H3. The number of carbonyl (C=O) groups is 1. The molecule has 10 heavy (non-hydrogen) atoms. The molecular weight excluding hydrogens is 128 g/mol. The molecular formula is C7H6N2O. The summed E-state index contributed by atoms with van der Waals surface area (Å²) in [5.41, 5.74) is 0.324. The summed E-state index contributed by atoms with van der Waals surface area (Å²) in [6.45, 7) is 0. The largest absolute Gasteiger partial charge is 0.340 e. The summed E-state index contributed by atoms with van der Waals surface area (Å²) < 4.78 is 1.67. The molecule has 0 spiro atoms. The molecule has 0 aromatic carbocycles. The van der Waals surface area contributed by atoms with Crippen LogP contribution in [0.15, 0.2) is 12.5 Å². The number of aryl methyl sites for hydroxylation is 1. The smallest absolute Gasteiger partial charge is 0.255 e. The Morgan fingerprint density at radius 1 is 1.90 bits per heavy atom. The minimum absolute atomic E-state index is 0.324. The van der Waals surface area contributed by atoms with Crippen LogP contribution in [0.1, 0.15) is 10.5 Å². The number of ketones is 1. The van der Waals surface area contributed by atoms with Gasteiger partial charge >= 0.3 is 0 Å². The summed E-state index contributed by atoms with van der Waals surface area (Å²) >= 11 is 0. The van der Waals surface area contributed by atoms with Gasteiger partial charge in [-0.1, -0.05) is 0 Å². The van der Waals surface area contributed by atoms with Crippen LogP contribution in [0.5, 0.6) is 0 Å². The molecule has 0 amide bonds. The highest BCUT2D eigenvalue weighted by Crippen LogP contribution is 1.93. The fourth-order valence-electron chi connectivity index (χ4n) is 0.604. The molecule has 0 unspecified atom stereocenters. The van der Waals surface area contributed by atoms with Crippen molar-refractivity contribution in [2.45, 2.75) is 0 Å². The lowest BCUT2D eigenvalue weighted by atomic mass is 10.3. The minimum Gasteiger partial charge on any atom is -0.340 e. The van der Waals surface area contributed by atoms with Gasteiger partial charge in [0.1, 0.15) is 5.69 Å². The molecule has 0 N–H and O–H groups in total. The Morgan fingerprint density at radius 2 is 2.60 bits per heavy atom. The van der Waals surface area contributed by atoms with Gasteiger partial charge in [0.15, 0.2) is 0 Å². The van der Waals surface area contributed by atoms with E-state index in [9.17, 15) is 4.79 Å². The van der Waals surface area contributed by atoms with Crippen molar-refractivity contribution in [2.24, 2.45) is 7.05 Å². The Kier molecular flexibility index (Phi) is 1.55. The van der Waals surface area contributed by atoms with Crippen molar-refractivity contribution in [1.82, 2.24) is 9.55 Å². The van der Waals surface area contributed by atoms with E-state index in [4.69, 9.17) is 6.42 Å². The molecule has 0 aliphatic heterocycles. The van der Waals surface area contributed by atoms with Gasteiger partial charge < -0.3 is 4.57 Å². The predicted octanol–water partition coefficient (Wildman–Crippen LogP) is 0.236. The highest BCUT2D eigenvalue weighted by Gasteiger charge is 2.02. The van der Waals surface area contributed by atoms with Gasteiger partial charge in [0, 0.05) is 13.2 Å². The molecule has 0 atom stereocenters.